The summed E-state index contributed by atoms with van der Waals surface area (Å²) in [6.07, 6.45) is -0.648. The van der Waals surface area contributed by atoms with Gasteiger partial charge in [-0.15, -0.1) is 0 Å². The molecule has 0 aliphatic heterocycles. The van der Waals surface area contributed by atoms with Crippen LogP contribution in [0.3, 0.4) is 0 Å². The van der Waals surface area contributed by atoms with Gasteiger partial charge < -0.3 is 21.3 Å². The maximum Gasteiger partial charge on any atom is 0.326 e. The van der Waals surface area contributed by atoms with Gasteiger partial charge in [-0.1, -0.05) is 0 Å². The second kappa shape index (κ2) is 8.29. The molecule has 2 aromatic carbocycles. The summed E-state index contributed by atoms with van der Waals surface area (Å²) in [4.78, 5) is 34.5. The van der Waals surface area contributed by atoms with Gasteiger partial charge in [0, 0.05) is 11.6 Å². The van der Waals surface area contributed by atoms with Crippen molar-refractivity contribution in [3.05, 3.63) is 51.1 Å². The monoisotopic (exact) mass is 490 g/mol. The first-order valence-electron chi connectivity index (χ1n) is 7.40. The van der Waals surface area contributed by atoms with E-state index in [9.17, 15) is 28.3 Å². The van der Waals surface area contributed by atoms with Crippen LogP contribution in [0.5, 0.6) is 5.75 Å². The third kappa shape index (κ3) is 4.90. The van der Waals surface area contributed by atoms with Crippen LogP contribution in [0.25, 0.3) is 11.1 Å². The summed E-state index contributed by atoms with van der Waals surface area (Å²) in [5, 5.41) is 21.3. The van der Waals surface area contributed by atoms with Gasteiger partial charge >= 0.3 is 5.97 Å². The van der Waals surface area contributed by atoms with E-state index in [0.29, 0.717) is 6.07 Å². The van der Waals surface area contributed by atoms with Gasteiger partial charge in [-0.3, -0.25) is 9.59 Å². The molecule has 0 bridgehead atoms. The van der Waals surface area contributed by atoms with Gasteiger partial charge in [0.2, 0.25) is 5.91 Å². The Kier molecular flexibility index (Phi) is 6.31. The highest BCUT2D eigenvalue weighted by Gasteiger charge is 2.25. The first kappa shape index (κ1) is 20.6. The summed E-state index contributed by atoms with van der Waals surface area (Å²) in [5.74, 6) is -5.54. The molecule has 142 valence electrons. The highest BCUT2D eigenvalue weighted by atomic mass is 127. The van der Waals surface area contributed by atoms with E-state index in [1.165, 1.54) is 12.1 Å². The number of rotatable bonds is 6. The van der Waals surface area contributed by atoms with Crippen molar-refractivity contribution in [3.8, 4) is 16.9 Å². The molecule has 0 aliphatic carbocycles. The van der Waals surface area contributed by atoms with Crippen molar-refractivity contribution >= 4 is 40.4 Å². The average Bonchev–Trinajstić information content (AvgIpc) is 2.56. The number of hydrogen-bond donors (Lipinski definition) is 4. The molecule has 0 saturated heterocycles. The zero-order chi connectivity index (χ0) is 20.3. The minimum atomic E-state index is -1.60. The van der Waals surface area contributed by atoms with E-state index in [0.717, 1.165) is 12.1 Å². The van der Waals surface area contributed by atoms with Crippen molar-refractivity contribution in [3.63, 3.8) is 0 Å². The van der Waals surface area contributed by atoms with Crippen LogP contribution in [0.2, 0.25) is 0 Å². The minimum absolute atomic E-state index is 0.0183. The molecule has 0 unspecified atom stereocenters. The van der Waals surface area contributed by atoms with Gasteiger partial charge in [0.15, 0.2) is 0 Å². The van der Waals surface area contributed by atoms with E-state index < -0.39 is 47.6 Å². The molecule has 27 heavy (non-hydrogen) atoms. The van der Waals surface area contributed by atoms with E-state index in [2.05, 4.69) is 5.32 Å². The van der Waals surface area contributed by atoms with Crippen molar-refractivity contribution in [1.82, 2.24) is 5.32 Å². The van der Waals surface area contributed by atoms with Gasteiger partial charge in [0.1, 0.15) is 23.4 Å². The first-order chi connectivity index (χ1) is 12.6. The van der Waals surface area contributed by atoms with Crippen molar-refractivity contribution in [2.75, 3.05) is 0 Å². The third-order valence-corrected chi connectivity index (χ3v) is 4.38. The summed E-state index contributed by atoms with van der Waals surface area (Å²) >= 11 is 1.70. The number of benzene rings is 2. The Hall–Kier alpha value is -2.76. The number of carboxylic acids is 1. The number of phenols is 1. The van der Waals surface area contributed by atoms with E-state index >= 15 is 0 Å². The number of carbonyl (C=O) groups is 3. The number of carboxylic acid groups (broad SMARTS) is 1. The van der Waals surface area contributed by atoms with E-state index in [-0.39, 0.29) is 20.3 Å². The predicted molar refractivity (Wildman–Crippen MR) is 98.9 cm³/mol. The molecular formula is C17H13F2IN2O5. The Balaban J connectivity index is 2.44. The largest absolute Gasteiger partial charge is 0.506 e. The molecule has 0 spiro atoms. The second-order valence-corrected chi connectivity index (χ2v) is 6.68. The van der Waals surface area contributed by atoms with E-state index in [1.807, 2.05) is 0 Å². The molecule has 2 amide bonds. The molecule has 10 heteroatoms. The molecule has 2 aromatic rings. The van der Waals surface area contributed by atoms with Gasteiger partial charge in [-0.2, -0.15) is 0 Å². The summed E-state index contributed by atoms with van der Waals surface area (Å²) in [5.41, 5.74) is 4.77. The smallest absolute Gasteiger partial charge is 0.326 e. The topological polar surface area (TPSA) is 130 Å². The molecule has 0 aliphatic rings. The lowest BCUT2D eigenvalue weighted by atomic mass is 10.0. The Morgan fingerprint density at radius 2 is 1.85 bits per heavy atom. The molecule has 1 atom stereocenters. The maximum absolute atomic E-state index is 14.0. The summed E-state index contributed by atoms with van der Waals surface area (Å²) in [6.45, 7) is 0. The molecule has 0 saturated carbocycles. The van der Waals surface area contributed by atoms with Crippen LogP contribution in [-0.2, 0) is 9.59 Å². The highest BCUT2D eigenvalue weighted by Crippen LogP contribution is 2.32. The zero-order valence-electron chi connectivity index (χ0n) is 13.5. The predicted octanol–water partition coefficient (Wildman–Crippen LogP) is 2.00. The molecular weight excluding hydrogens is 477 g/mol. The minimum Gasteiger partial charge on any atom is -0.506 e. The standard InChI is InChI=1S/C17H13F2IN2O5/c18-8-1-2-9(11(19)5-8)7-3-10(15(24)12(20)4-7)16(25)22-13(17(26)27)6-14(21)23/h1-5,13,24H,6H2,(H2,21,23)(H,22,25)(H,26,27)/t13-/m0/s1. The molecule has 0 radical (unpaired) electrons. The van der Waals surface area contributed by atoms with Gasteiger partial charge in [-0.25, -0.2) is 13.6 Å². The Bertz CT molecular complexity index is 936. The zero-order valence-corrected chi connectivity index (χ0v) is 15.7. The summed E-state index contributed by atoms with van der Waals surface area (Å²) in [7, 11) is 0. The summed E-state index contributed by atoms with van der Waals surface area (Å²) < 4.78 is 27.3. The van der Waals surface area contributed by atoms with Crippen molar-refractivity contribution < 1.29 is 33.4 Å². The number of nitrogens with two attached hydrogens (primary N) is 1. The number of aromatic hydroxyl groups is 1. The molecule has 0 heterocycles. The van der Waals surface area contributed by atoms with Crippen LogP contribution in [0.15, 0.2) is 30.3 Å². The fraction of sp³-hybridized carbons (Fsp3) is 0.118. The molecule has 0 fully saturated rings. The average molecular weight is 490 g/mol. The summed E-state index contributed by atoms with van der Waals surface area (Å²) in [6, 6.07) is 3.78. The van der Waals surface area contributed by atoms with Crippen LogP contribution in [-0.4, -0.2) is 34.0 Å². The van der Waals surface area contributed by atoms with E-state index in [1.54, 1.807) is 22.6 Å². The van der Waals surface area contributed by atoms with Crippen molar-refractivity contribution in [2.45, 2.75) is 12.5 Å². The van der Waals surface area contributed by atoms with Crippen molar-refractivity contribution in [2.24, 2.45) is 5.73 Å². The van der Waals surface area contributed by atoms with Gasteiger partial charge in [-0.05, 0) is 52.4 Å². The third-order valence-electron chi connectivity index (χ3n) is 3.56. The number of primary amides is 1. The quantitative estimate of drug-likeness (QED) is 0.461. The normalized spacial score (nSPS) is 11.7. The number of hydrogen-bond acceptors (Lipinski definition) is 4. The lowest BCUT2D eigenvalue weighted by Gasteiger charge is -2.15. The van der Waals surface area contributed by atoms with Crippen LogP contribution in [0, 0.1) is 15.2 Å². The number of aliphatic carboxylic acids is 1. The van der Waals surface area contributed by atoms with Crippen molar-refractivity contribution in [1.29, 1.82) is 0 Å². The maximum atomic E-state index is 14.0. The number of carbonyl (C=O) groups excluding carboxylic acids is 2. The van der Waals surface area contributed by atoms with Gasteiger partial charge in [0.05, 0.1) is 15.6 Å². The Labute approximate surface area is 165 Å². The molecule has 7 nitrogen and oxygen atoms in total. The molecule has 0 aromatic heterocycles. The van der Waals surface area contributed by atoms with Crippen LogP contribution < -0.4 is 11.1 Å². The molecule has 2 rings (SSSR count). The SMILES string of the molecule is NC(=O)C[C@H](NC(=O)c1cc(-c2ccc(F)cc2F)cc(I)c1O)C(=O)O. The lowest BCUT2D eigenvalue weighted by Crippen LogP contribution is -2.43. The highest BCUT2D eigenvalue weighted by molar-refractivity contribution is 14.1. The first-order valence-corrected chi connectivity index (χ1v) is 8.48. The Morgan fingerprint density at radius 1 is 1.19 bits per heavy atom. The number of halogens is 3. The van der Waals surface area contributed by atoms with Crippen LogP contribution in [0.1, 0.15) is 16.8 Å². The number of phenolic OH excluding ortho intramolecular Hbond substituents is 1. The fourth-order valence-corrected chi connectivity index (χ4v) is 2.91. The second-order valence-electron chi connectivity index (χ2n) is 5.51. The fourth-order valence-electron chi connectivity index (χ4n) is 2.29. The number of amides is 2. The number of nitrogens with one attached hydrogen (secondary N) is 1. The Morgan fingerprint density at radius 3 is 2.41 bits per heavy atom. The van der Waals surface area contributed by atoms with Gasteiger partial charge in [0.25, 0.3) is 5.91 Å². The van der Waals surface area contributed by atoms with Crippen LogP contribution >= 0.6 is 22.6 Å². The molecule has 5 N–H and O–H groups in total. The van der Waals surface area contributed by atoms with E-state index in [4.69, 9.17) is 10.8 Å². The lowest BCUT2D eigenvalue weighted by molar-refractivity contribution is -0.140. The van der Waals surface area contributed by atoms with Crippen LogP contribution in [0.4, 0.5) is 8.78 Å².